The van der Waals surface area contributed by atoms with E-state index in [9.17, 15) is 10.1 Å². The van der Waals surface area contributed by atoms with Gasteiger partial charge in [-0.2, -0.15) is 5.26 Å². The van der Waals surface area contributed by atoms with Gasteiger partial charge in [0.05, 0.1) is 13.2 Å². The van der Waals surface area contributed by atoms with Crippen LogP contribution in [0.15, 0.2) is 42.0 Å². The molecule has 0 saturated carbocycles. The number of halogens is 1. The number of aryl methyl sites for hydroxylation is 1. The molecule has 0 atom stereocenters. The van der Waals surface area contributed by atoms with Gasteiger partial charge < -0.3 is 14.8 Å². The van der Waals surface area contributed by atoms with E-state index in [1.807, 2.05) is 26.8 Å². The first-order valence-corrected chi connectivity index (χ1v) is 8.95. The highest BCUT2D eigenvalue weighted by Crippen LogP contribution is 2.28. The number of benzene rings is 2. The van der Waals surface area contributed by atoms with Crippen molar-refractivity contribution < 1.29 is 14.3 Å². The second kappa shape index (κ2) is 9.65. The number of amides is 1. The van der Waals surface area contributed by atoms with E-state index in [0.29, 0.717) is 41.0 Å². The van der Waals surface area contributed by atoms with Crippen LogP contribution >= 0.6 is 11.6 Å². The molecule has 0 saturated heterocycles. The summed E-state index contributed by atoms with van der Waals surface area (Å²) in [6.45, 7) is 6.59. The van der Waals surface area contributed by atoms with E-state index in [4.69, 9.17) is 21.1 Å². The second-order valence-electron chi connectivity index (χ2n) is 5.65. The SMILES string of the molecule is CCOc1ccc(/C=C(/C#N)C(=O)Nc2cc(Cl)ccc2C)c(OCC)c1. The maximum atomic E-state index is 12.5. The Morgan fingerprint density at radius 3 is 2.59 bits per heavy atom. The van der Waals surface area contributed by atoms with Crippen molar-refractivity contribution >= 4 is 29.3 Å². The molecule has 0 spiro atoms. The van der Waals surface area contributed by atoms with Gasteiger partial charge in [-0.05, 0) is 56.7 Å². The molecule has 1 amide bonds. The topological polar surface area (TPSA) is 71.3 Å². The summed E-state index contributed by atoms with van der Waals surface area (Å²) < 4.78 is 11.1. The standard InChI is InChI=1S/C21H21ClN2O3/c1-4-26-18-9-7-15(20(12-18)27-5-2)10-16(13-23)21(25)24-19-11-17(22)8-6-14(19)3/h6-12H,4-5H2,1-3H3,(H,24,25)/b16-10-. The van der Waals surface area contributed by atoms with Crippen LogP contribution in [0.4, 0.5) is 5.69 Å². The van der Waals surface area contributed by atoms with Crippen LogP contribution < -0.4 is 14.8 Å². The summed E-state index contributed by atoms with van der Waals surface area (Å²) in [5.74, 6) is 0.692. The minimum Gasteiger partial charge on any atom is -0.494 e. The largest absolute Gasteiger partial charge is 0.494 e. The molecule has 2 rings (SSSR count). The number of rotatable bonds is 7. The van der Waals surface area contributed by atoms with Crippen molar-refractivity contribution in [3.8, 4) is 17.6 Å². The van der Waals surface area contributed by atoms with Gasteiger partial charge >= 0.3 is 0 Å². The van der Waals surface area contributed by atoms with E-state index in [2.05, 4.69) is 5.32 Å². The summed E-state index contributed by atoms with van der Waals surface area (Å²) in [7, 11) is 0. The summed E-state index contributed by atoms with van der Waals surface area (Å²) in [5.41, 5.74) is 1.99. The van der Waals surface area contributed by atoms with Gasteiger partial charge in [-0.3, -0.25) is 4.79 Å². The third-order valence-corrected chi connectivity index (χ3v) is 3.94. The third kappa shape index (κ3) is 5.50. The molecule has 27 heavy (non-hydrogen) atoms. The molecule has 140 valence electrons. The Morgan fingerprint density at radius 1 is 1.19 bits per heavy atom. The van der Waals surface area contributed by atoms with E-state index in [0.717, 1.165) is 5.56 Å². The molecule has 5 nitrogen and oxygen atoms in total. The summed E-state index contributed by atoms with van der Waals surface area (Å²) in [6, 6.07) is 12.4. The number of hydrogen-bond acceptors (Lipinski definition) is 4. The van der Waals surface area contributed by atoms with E-state index in [1.165, 1.54) is 6.08 Å². The predicted octanol–water partition coefficient (Wildman–Crippen LogP) is 4.99. The molecule has 2 aromatic carbocycles. The van der Waals surface area contributed by atoms with Gasteiger partial charge in [0, 0.05) is 22.3 Å². The van der Waals surface area contributed by atoms with Crippen molar-refractivity contribution in [2.24, 2.45) is 0 Å². The first kappa shape index (κ1) is 20.3. The zero-order chi connectivity index (χ0) is 19.8. The highest BCUT2D eigenvalue weighted by molar-refractivity contribution is 6.31. The van der Waals surface area contributed by atoms with Crippen LogP contribution in [-0.2, 0) is 4.79 Å². The van der Waals surface area contributed by atoms with Crippen molar-refractivity contribution in [3.05, 3.63) is 58.1 Å². The quantitative estimate of drug-likeness (QED) is 0.539. The fourth-order valence-corrected chi connectivity index (χ4v) is 2.57. The monoisotopic (exact) mass is 384 g/mol. The number of anilines is 1. The number of ether oxygens (including phenoxy) is 2. The van der Waals surface area contributed by atoms with E-state index < -0.39 is 5.91 Å². The summed E-state index contributed by atoms with van der Waals surface area (Å²) in [5, 5.41) is 12.7. The number of hydrogen-bond donors (Lipinski definition) is 1. The van der Waals surface area contributed by atoms with E-state index >= 15 is 0 Å². The summed E-state index contributed by atoms with van der Waals surface area (Å²) in [4.78, 5) is 12.5. The Labute approximate surface area is 164 Å². The Hall–Kier alpha value is -2.97. The van der Waals surface area contributed by atoms with Crippen LogP contribution in [0, 0.1) is 18.3 Å². The Bertz CT molecular complexity index is 901. The first-order valence-electron chi connectivity index (χ1n) is 8.57. The average molecular weight is 385 g/mol. The summed E-state index contributed by atoms with van der Waals surface area (Å²) >= 11 is 5.98. The van der Waals surface area contributed by atoms with Gasteiger partial charge in [0.2, 0.25) is 0 Å². The van der Waals surface area contributed by atoms with Crippen molar-refractivity contribution in [1.82, 2.24) is 0 Å². The molecule has 0 heterocycles. The van der Waals surface area contributed by atoms with Gasteiger partial charge in [-0.25, -0.2) is 0 Å². The molecule has 0 fully saturated rings. The number of carbonyl (C=O) groups is 1. The molecule has 0 aliphatic heterocycles. The normalized spacial score (nSPS) is 10.9. The van der Waals surface area contributed by atoms with Gasteiger partial charge in [0.15, 0.2) is 0 Å². The molecule has 0 aliphatic rings. The van der Waals surface area contributed by atoms with Crippen molar-refractivity contribution in [2.75, 3.05) is 18.5 Å². The fraction of sp³-hybridized carbons (Fsp3) is 0.238. The number of nitriles is 1. The average Bonchev–Trinajstić information content (AvgIpc) is 2.64. The molecule has 1 N–H and O–H groups in total. The lowest BCUT2D eigenvalue weighted by Crippen LogP contribution is -2.14. The fourth-order valence-electron chi connectivity index (χ4n) is 2.39. The second-order valence-corrected chi connectivity index (χ2v) is 6.09. The van der Waals surface area contributed by atoms with Crippen LogP contribution in [0.25, 0.3) is 6.08 Å². The predicted molar refractivity (Wildman–Crippen MR) is 107 cm³/mol. The molecule has 2 aromatic rings. The van der Waals surface area contributed by atoms with Gasteiger partial charge in [-0.15, -0.1) is 0 Å². The Balaban J connectivity index is 2.33. The molecule has 0 unspecified atom stereocenters. The number of carbonyl (C=O) groups excluding carboxylic acids is 1. The lowest BCUT2D eigenvalue weighted by molar-refractivity contribution is -0.112. The smallest absolute Gasteiger partial charge is 0.266 e. The van der Waals surface area contributed by atoms with Crippen LogP contribution in [0.1, 0.15) is 25.0 Å². The van der Waals surface area contributed by atoms with Crippen LogP contribution in [-0.4, -0.2) is 19.1 Å². The molecular formula is C21H21ClN2O3. The molecule has 0 bridgehead atoms. The van der Waals surface area contributed by atoms with Crippen LogP contribution in [0.3, 0.4) is 0 Å². The third-order valence-electron chi connectivity index (χ3n) is 3.71. The van der Waals surface area contributed by atoms with Gasteiger partial charge in [-0.1, -0.05) is 17.7 Å². The molecule has 0 radical (unpaired) electrons. The first-order chi connectivity index (χ1) is 13.0. The van der Waals surface area contributed by atoms with Crippen LogP contribution in [0.2, 0.25) is 5.02 Å². The van der Waals surface area contributed by atoms with E-state index in [-0.39, 0.29) is 5.57 Å². The van der Waals surface area contributed by atoms with Crippen molar-refractivity contribution in [2.45, 2.75) is 20.8 Å². The molecule has 0 aromatic heterocycles. The van der Waals surface area contributed by atoms with Crippen molar-refractivity contribution in [1.29, 1.82) is 5.26 Å². The molecule has 6 heteroatoms. The maximum absolute atomic E-state index is 12.5. The lowest BCUT2D eigenvalue weighted by atomic mass is 10.1. The van der Waals surface area contributed by atoms with Gasteiger partial charge in [0.25, 0.3) is 5.91 Å². The summed E-state index contributed by atoms with van der Waals surface area (Å²) in [6.07, 6.45) is 1.50. The van der Waals surface area contributed by atoms with Crippen molar-refractivity contribution in [3.63, 3.8) is 0 Å². The minimum absolute atomic E-state index is 0.0421. The van der Waals surface area contributed by atoms with Crippen LogP contribution in [0.5, 0.6) is 11.5 Å². The number of nitrogens with one attached hydrogen (secondary N) is 1. The zero-order valence-electron chi connectivity index (χ0n) is 15.5. The molecular weight excluding hydrogens is 364 g/mol. The van der Waals surface area contributed by atoms with E-state index in [1.54, 1.807) is 36.4 Å². The highest BCUT2D eigenvalue weighted by Gasteiger charge is 2.13. The highest BCUT2D eigenvalue weighted by atomic mass is 35.5. The molecule has 0 aliphatic carbocycles. The lowest BCUT2D eigenvalue weighted by Gasteiger charge is -2.11. The minimum atomic E-state index is -0.515. The Kier molecular flexibility index (Phi) is 7.27. The zero-order valence-corrected chi connectivity index (χ0v) is 16.3. The number of nitrogens with zero attached hydrogens (tertiary/aromatic N) is 1. The van der Waals surface area contributed by atoms with Gasteiger partial charge in [0.1, 0.15) is 23.1 Å². The Morgan fingerprint density at radius 2 is 1.93 bits per heavy atom. The maximum Gasteiger partial charge on any atom is 0.266 e.